The van der Waals surface area contributed by atoms with E-state index < -0.39 is 0 Å². The molecule has 4 heteroatoms. The van der Waals surface area contributed by atoms with Gasteiger partial charge in [-0.2, -0.15) is 0 Å². The summed E-state index contributed by atoms with van der Waals surface area (Å²) < 4.78 is 0. The zero-order chi connectivity index (χ0) is 9.26. The first-order valence-corrected chi connectivity index (χ1v) is 4.41. The third-order valence-electron chi connectivity index (χ3n) is 1.99. The maximum atomic E-state index is 6.00. The van der Waals surface area contributed by atoms with Crippen LogP contribution in [0.15, 0.2) is 30.5 Å². The highest BCUT2D eigenvalue weighted by Gasteiger charge is 2.02. The van der Waals surface area contributed by atoms with Crippen LogP contribution in [0.5, 0.6) is 0 Å². The molecule has 0 radical (unpaired) electrons. The lowest BCUT2D eigenvalue weighted by Gasteiger charge is -2.05. The Balaban J connectivity index is 0.000000980. The molecule has 2 aromatic rings. The lowest BCUT2D eigenvalue weighted by atomic mass is 10.2. The number of rotatable bonds is 1. The van der Waals surface area contributed by atoms with Crippen molar-refractivity contribution in [1.82, 2.24) is 4.98 Å². The summed E-state index contributed by atoms with van der Waals surface area (Å²) in [5.74, 6) is 0. The minimum atomic E-state index is 0. The van der Waals surface area contributed by atoms with E-state index in [0.29, 0.717) is 5.02 Å². The molecular weight excluding hydrogens is 219 g/mol. The van der Waals surface area contributed by atoms with Gasteiger partial charge in [-0.1, -0.05) is 11.6 Å². The summed E-state index contributed by atoms with van der Waals surface area (Å²) in [4.78, 5) is 4.22. The van der Waals surface area contributed by atoms with Crippen LogP contribution in [0.1, 0.15) is 0 Å². The molecule has 1 heterocycles. The van der Waals surface area contributed by atoms with Crippen LogP contribution >= 0.6 is 24.0 Å². The van der Waals surface area contributed by atoms with Crippen molar-refractivity contribution in [3.8, 4) is 0 Å². The van der Waals surface area contributed by atoms with Crippen molar-refractivity contribution in [1.29, 1.82) is 0 Å². The van der Waals surface area contributed by atoms with Crippen LogP contribution in [0.2, 0.25) is 5.02 Å². The zero-order valence-electron chi connectivity index (χ0n) is 7.62. The number of fused-ring (bicyclic) bond motifs is 1. The van der Waals surface area contributed by atoms with Gasteiger partial charge in [0.1, 0.15) is 0 Å². The zero-order valence-corrected chi connectivity index (χ0v) is 9.19. The van der Waals surface area contributed by atoms with Gasteiger partial charge in [-0.25, -0.2) is 0 Å². The van der Waals surface area contributed by atoms with E-state index >= 15 is 0 Å². The smallest absolute Gasteiger partial charge is 0.0908 e. The van der Waals surface area contributed by atoms with E-state index in [1.54, 1.807) is 6.20 Å². The predicted molar refractivity (Wildman–Crippen MR) is 63.5 cm³/mol. The highest BCUT2D eigenvalue weighted by molar-refractivity contribution is 6.35. The number of nitrogens with zero attached hydrogens (tertiary/aromatic N) is 1. The average Bonchev–Trinajstić information content (AvgIpc) is 2.19. The third kappa shape index (κ3) is 1.76. The minimum Gasteiger partial charge on any atom is -0.388 e. The number of benzene rings is 1. The van der Waals surface area contributed by atoms with Crippen molar-refractivity contribution in [2.24, 2.45) is 0 Å². The molecule has 0 saturated heterocycles. The average molecular weight is 229 g/mol. The maximum absolute atomic E-state index is 6.00. The summed E-state index contributed by atoms with van der Waals surface area (Å²) in [7, 11) is 1.88. The van der Waals surface area contributed by atoms with E-state index in [4.69, 9.17) is 11.6 Å². The number of halogens is 2. The molecule has 2 rings (SSSR count). The molecule has 1 aromatic carbocycles. The quantitative estimate of drug-likeness (QED) is 0.810. The van der Waals surface area contributed by atoms with Crippen molar-refractivity contribution in [2.45, 2.75) is 0 Å². The first-order valence-electron chi connectivity index (χ1n) is 4.04. The Bertz CT molecular complexity index is 443. The standard InChI is InChI=1S/C10H9ClN2.ClH/c1-12-9-5-4-8(11)10-7(9)3-2-6-13-10;/h2-6,12H,1H3;1H. The van der Waals surface area contributed by atoms with Gasteiger partial charge in [-0.05, 0) is 24.3 Å². The Morgan fingerprint density at radius 2 is 2.07 bits per heavy atom. The fourth-order valence-corrected chi connectivity index (χ4v) is 1.57. The Hall–Kier alpha value is -0.990. The van der Waals surface area contributed by atoms with Gasteiger partial charge < -0.3 is 5.32 Å². The molecule has 0 unspecified atom stereocenters. The van der Waals surface area contributed by atoms with Gasteiger partial charge in [0.15, 0.2) is 0 Å². The van der Waals surface area contributed by atoms with Gasteiger partial charge in [0.25, 0.3) is 0 Å². The fourth-order valence-electron chi connectivity index (χ4n) is 1.36. The van der Waals surface area contributed by atoms with Crippen molar-refractivity contribution in [3.05, 3.63) is 35.5 Å². The summed E-state index contributed by atoms with van der Waals surface area (Å²) >= 11 is 6.00. The van der Waals surface area contributed by atoms with E-state index in [1.807, 2.05) is 31.3 Å². The summed E-state index contributed by atoms with van der Waals surface area (Å²) in [5.41, 5.74) is 1.89. The van der Waals surface area contributed by atoms with Crippen LogP contribution in [0, 0.1) is 0 Å². The topological polar surface area (TPSA) is 24.9 Å². The summed E-state index contributed by atoms with van der Waals surface area (Å²) in [6.45, 7) is 0. The van der Waals surface area contributed by atoms with Gasteiger partial charge in [0.2, 0.25) is 0 Å². The van der Waals surface area contributed by atoms with Gasteiger partial charge in [-0.3, -0.25) is 4.98 Å². The summed E-state index contributed by atoms with van der Waals surface area (Å²) in [5, 5.41) is 4.84. The van der Waals surface area contributed by atoms with Crippen LogP contribution in [-0.2, 0) is 0 Å². The Morgan fingerprint density at radius 3 is 2.79 bits per heavy atom. The van der Waals surface area contributed by atoms with E-state index in [-0.39, 0.29) is 12.4 Å². The third-order valence-corrected chi connectivity index (χ3v) is 2.29. The second kappa shape index (κ2) is 4.49. The minimum absolute atomic E-state index is 0. The number of hydrogen-bond acceptors (Lipinski definition) is 2. The van der Waals surface area contributed by atoms with Crippen LogP contribution in [0.25, 0.3) is 10.9 Å². The van der Waals surface area contributed by atoms with Crippen molar-refractivity contribution in [3.63, 3.8) is 0 Å². The number of hydrogen-bond donors (Lipinski definition) is 1. The fraction of sp³-hybridized carbons (Fsp3) is 0.100. The largest absolute Gasteiger partial charge is 0.388 e. The normalized spacial score (nSPS) is 9.57. The first-order chi connectivity index (χ1) is 6.33. The molecule has 0 saturated carbocycles. The molecule has 74 valence electrons. The predicted octanol–water partition coefficient (Wildman–Crippen LogP) is 3.35. The van der Waals surface area contributed by atoms with Crippen molar-refractivity contribution >= 4 is 40.6 Å². The Labute approximate surface area is 93.7 Å². The van der Waals surface area contributed by atoms with Crippen LogP contribution < -0.4 is 5.32 Å². The van der Waals surface area contributed by atoms with Crippen LogP contribution in [0.3, 0.4) is 0 Å². The molecule has 0 aliphatic carbocycles. The molecule has 1 N–H and O–H groups in total. The molecule has 1 aromatic heterocycles. The molecule has 0 fully saturated rings. The lowest BCUT2D eigenvalue weighted by Crippen LogP contribution is -1.90. The molecule has 0 bridgehead atoms. The van der Waals surface area contributed by atoms with E-state index in [0.717, 1.165) is 16.6 Å². The van der Waals surface area contributed by atoms with Crippen molar-refractivity contribution in [2.75, 3.05) is 12.4 Å². The molecular formula is C10H10Cl2N2. The van der Waals surface area contributed by atoms with Crippen LogP contribution in [0.4, 0.5) is 5.69 Å². The number of pyridine rings is 1. The first kappa shape index (κ1) is 11.1. The second-order valence-electron chi connectivity index (χ2n) is 2.74. The highest BCUT2D eigenvalue weighted by atomic mass is 35.5. The van der Waals surface area contributed by atoms with Crippen molar-refractivity contribution < 1.29 is 0 Å². The number of aromatic nitrogens is 1. The van der Waals surface area contributed by atoms with Gasteiger partial charge in [-0.15, -0.1) is 12.4 Å². The highest BCUT2D eigenvalue weighted by Crippen LogP contribution is 2.27. The van der Waals surface area contributed by atoms with Gasteiger partial charge in [0.05, 0.1) is 10.5 Å². The Kier molecular flexibility index (Phi) is 3.55. The summed E-state index contributed by atoms with van der Waals surface area (Å²) in [6.07, 6.45) is 1.74. The number of nitrogens with one attached hydrogen (secondary N) is 1. The maximum Gasteiger partial charge on any atom is 0.0908 e. The van der Waals surface area contributed by atoms with E-state index in [2.05, 4.69) is 10.3 Å². The molecule has 14 heavy (non-hydrogen) atoms. The second-order valence-corrected chi connectivity index (χ2v) is 3.15. The molecule has 0 aliphatic heterocycles. The monoisotopic (exact) mass is 228 g/mol. The molecule has 0 atom stereocenters. The molecule has 2 nitrogen and oxygen atoms in total. The number of anilines is 1. The van der Waals surface area contributed by atoms with Gasteiger partial charge >= 0.3 is 0 Å². The molecule has 0 spiro atoms. The molecule has 0 aliphatic rings. The lowest BCUT2D eigenvalue weighted by molar-refractivity contribution is 1.41. The van der Waals surface area contributed by atoms with Crippen LogP contribution in [-0.4, -0.2) is 12.0 Å². The Morgan fingerprint density at radius 1 is 1.29 bits per heavy atom. The van der Waals surface area contributed by atoms with E-state index in [1.165, 1.54) is 0 Å². The summed E-state index contributed by atoms with van der Waals surface area (Å²) in [6, 6.07) is 7.70. The molecule has 0 amide bonds. The van der Waals surface area contributed by atoms with Gasteiger partial charge in [0, 0.05) is 24.3 Å². The SMILES string of the molecule is CNc1ccc(Cl)c2ncccc12.Cl. The van der Waals surface area contributed by atoms with E-state index in [9.17, 15) is 0 Å².